The monoisotopic (exact) mass is 212 g/mol. The Hall–Kier alpha value is -0.470. The van der Waals surface area contributed by atoms with Crippen molar-refractivity contribution in [2.75, 3.05) is 0 Å². The summed E-state index contributed by atoms with van der Waals surface area (Å²) in [4.78, 5) is 11.4. The van der Waals surface area contributed by atoms with Gasteiger partial charge in [-0.2, -0.15) is 0 Å². The number of carbonyl (C=O) groups excluding carboxylic acids is 1. The van der Waals surface area contributed by atoms with Crippen molar-refractivity contribution in [3.63, 3.8) is 0 Å². The van der Waals surface area contributed by atoms with Gasteiger partial charge in [0.2, 0.25) is 0 Å². The number of rotatable bonds is 1. The maximum atomic E-state index is 10.7. The summed E-state index contributed by atoms with van der Waals surface area (Å²) in [5.74, 6) is 0.233. The van der Waals surface area contributed by atoms with Gasteiger partial charge in [-0.1, -0.05) is 35.4 Å². The van der Waals surface area contributed by atoms with Crippen LogP contribution in [0.4, 0.5) is 0 Å². The quantitative estimate of drug-likeness (QED) is 0.622. The van der Waals surface area contributed by atoms with Gasteiger partial charge in [0, 0.05) is 16.2 Å². The number of halogens is 1. The molecule has 0 aromatic heterocycles. The normalized spacial score (nSPS) is 31.7. The number of carbonyl (C=O) groups is 1. The first-order valence-electron chi connectivity index (χ1n) is 4.10. The molecule has 1 aliphatic heterocycles. The molecule has 0 amide bonds. The molecule has 0 radical (unpaired) electrons. The zero-order chi connectivity index (χ0) is 9.42. The lowest BCUT2D eigenvalue weighted by Gasteiger charge is -2.20. The molecule has 0 saturated heterocycles. The van der Waals surface area contributed by atoms with E-state index in [4.69, 9.17) is 11.6 Å². The van der Waals surface area contributed by atoms with Gasteiger partial charge in [-0.15, -0.1) is 11.8 Å². The number of thioether (sulfide) groups is 1. The van der Waals surface area contributed by atoms with Gasteiger partial charge in [0.25, 0.3) is 0 Å². The van der Waals surface area contributed by atoms with E-state index >= 15 is 0 Å². The predicted octanol–water partition coefficient (Wildman–Crippen LogP) is 2.88. The Kier molecular flexibility index (Phi) is 2.35. The summed E-state index contributed by atoms with van der Waals surface area (Å²) in [6, 6.07) is 0. The van der Waals surface area contributed by atoms with Gasteiger partial charge < -0.3 is 0 Å². The van der Waals surface area contributed by atoms with Crippen LogP contribution in [0.5, 0.6) is 0 Å². The summed E-state index contributed by atoms with van der Waals surface area (Å²) < 4.78 is 0. The van der Waals surface area contributed by atoms with E-state index in [-0.39, 0.29) is 5.92 Å². The molecule has 2 rings (SSSR count). The second kappa shape index (κ2) is 3.35. The molecule has 0 fully saturated rings. The fourth-order valence-corrected chi connectivity index (χ4v) is 3.49. The number of hydrogen-bond donors (Lipinski definition) is 0. The van der Waals surface area contributed by atoms with Crippen molar-refractivity contribution >= 4 is 29.6 Å². The molecule has 1 heterocycles. The third-order valence-electron chi connectivity index (χ3n) is 2.36. The van der Waals surface area contributed by atoms with Crippen LogP contribution in [0.3, 0.4) is 0 Å². The van der Waals surface area contributed by atoms with Gasteiger partial charge in [0.05, 0.1) is 4.91 Å². The first-order chi connectivity index (χ1) is 6.24. The van der Waals surface area contributed by atoms with Crippen LogP contribution in [-0.4, -0.2) is 11.5 Å². The highest BCUT2D eigenvalue weighted by Crippen LogP contribution is 2.48. The molecular weight excluding hydrogens is 204 g/mol. The standard InChI is InChI=1S/C10H9ClOS/c1-6-3-2-4-7-9(6)10(11)8(5-12)13-7/h2-5,7,9H,1H3. The van der Waals surface area contributed by atoms with E-state index < -0.39 is 0 Å². The second-order valence-corrected chi connectivity index (χ2v) is 4.81. The lowest BCUT2D eigenvalue weighted by atomic mass is 9.92. The van der Waals surface area contributed by atoms with Crippen molar-refractivity contribution in [3.8, 4) is 0 Å². The molecule has 2 aliphatic rings. The molecule has 0 saturated carbocycles. The molecule has 0 spiro atoms. The summed E-state index contributed by atoms with van der Waals surface area (Å²) in [6.45, 7) is 2.05. The Morgan fingerprint density at radius 3 is 3.00 bits per heavy atom. The number of hydrogen-bond acceptors (Lipinski definition) is 2. The van der Waals surface area contributed by atoms with E-state index in [2.05, 4.69) is 19.1 Å². The van der Waals surface area contributed by atoms with Gasteiger partial charge in [-0.3, -0.25) is 4.79 Å². The summed E-state index contributed by atoms with van der Waals surface area (Å²) in [6.07, 6.45) is 7.03. The molecule has 2 unspecified atom stereocenters. The SMILES string of the molecule is CC1=CC=CC2SC(C=O)=C(Cl)C12. The molecular formula is C10H9ClOS. The highest BCUT2D eigenvalue weighted by atomic mass is 35.5. The molecule has 13 heavy (non-hydrogen) atoms. The van der Waals surface area contributed by atoms with E-state index in [9.17, 15) is 4.79 Å². The Morgan fingerprint density at radius 1 is 1.62 bits per heavy atom. The van der Waals surface area contributed by atoms with E-state index in [1.807, 2.05) is 6.08 Å². The van der Waals surface area contributed by atoms with Crippen molar-refractivity contribution in [1.29, 1.82) is 0 Å². The Bertz CT molecular complexity index is 341. The number of allylic oxidation sites excluding steroid dienone is 5. The summed E-state index contributed by atoms with van der Waals surface area (Å²) in [5.41, 5.74) is 1.24. The molecule has 1 aliphatic carbocycles. The lowest BCUT2D eigenvalue weighted by Crippen LogP contribution is -2.14. The smallest absolute Gasteiger partial charge is 0.157 e. The molecule has 0 bridgehead atoms. The van der Waals surface area contributed by atoms with E-state index in [0.29, 0.717) is 15.2 Å². The van der Waals surface area contributed by atoms with Gasteiger partial charge >= 0.3 is 0 Å². The molecule has 0 aromatic carbocycles. The highest BCUT2D eigenvalue weighted by Gasteiger charge is 2.35. The number of fused-ring (bicyclic) bond motifs is 1. The summed E-state index contributed by atoms with van der Waals surface area (Å²) in [5, 5.41) is 1.04. The van der Waals surface area contributed by atoms with Crippen LogP contribution in [0.15, 0.2) is 33.7 Å². The maximum absolute atomic E-state index is 10.7. The predicted molar refractivity (Wildman–Crippen MR) is 56.7 cm³/mol. The van der Waals surface area contributed by atoms with Crippen molar-refractivity contribution in [3.05, 3.63) is 33.7 Å². The topological polar surface area (TPSA) is 17.1 Å². The van der Waals surface area contributed by atoms with Gasteiger partial charge in [0.15, 0.2) is 6.29 Å². The van der Waals surface area contributed by atoms with Crippen LogP contribution in [-0.2, 0) is 4.79 Å². The first-order valence-corrected chi connectivity index (χ1v) is 5.36. The zero-order valence-corrected chi connectivity index (χ0v) is 8.73. The Balaban J connectivity index is 2.39. The Morgan fingerprint density at radius 2 is 2.38 bits per heavy atom. The molecule has 68 valence electrons. The van der Waals surface area contributed by atoms with Crippen LogP contribution < -0.4 is 0 Å². The fraction of sp³-hybridized carbons (Fsp3) is 0.300. The lowest BCUT2D eigenvalue weighted by molar-refractivity contribution is -0.104. The summed E-state index contributed by atoms with van der Waals surface area (Å²) >= 11 is 7.66. The summed E-state index contributed by atoms with van der Waals surface area (Å²) in [7, 11) is 0. The van der Waals surface area contributed by atoms with Gasteiger partial charge in [0.1, 0.15) is 0 Å². The van der Waals surface area contributed by atoms with Gasteiger partial charge in [-0.05, 0) is 6.92 Å². The Labute approximate surface area is 86.5 Å². The van der Waals surface area contributed by atoms with E-state index in [1.165, 1.54) is 5.57 Å². The molecule has 0 aromatic rings. The largest absolute Gasteiger partial charge is 0.297 e. The first kappa shape index (κ1) is 9.10. The van der Waals surface area contributed by atoms with E-state index in [0.717, 1.165) is 6.29 Å². The van der Waals surface area contributed by atoms with Gasteiger partial charge in [-0.25, -0.2) is 0 Å². The van der Waals surface area contributed by atoms with Crippen LogP contribution in [0.2, 0.25) is 0 Å². The van der Waals surface area contributed by atoms with Crippen LogP contribution >= 0.6 is 23.4 Å². The minimum atomic E-state index is 0.233. The van der Waals surface area contributed by atoms with Crippen molar-refractivity contribution < 1.29 is 4.79 Å². The van der Waals surface area contributed by atoms with Crippen molar-refractivity contribution in [2.24, 2.45) is 5.92 Å². The van der Waals surface area contributed by atoms with Crippen LogP contribution in [0, 0.1) is 5.92 Å². The number of aldehydes is 1. The average molecular weight is 213 g/mol. The third-order valence-corrected chi connectivity index (χ3v) is 4.18. The van der Waals surface area contributed by atoms with E-state index in [1.54, 1.807) is 11.8 Å². The third kappa shape index (κ3) is 1.38. The molecule has 3 heteroatoms. The van der Waals surface area contributed by atoms with Crippen molar-refractivity contribution in [2.45, 2.75) is 12.2 Å². The average Bonchev–Trinajstić information content (AvgIpc) is 2.44. The second-order valence-electron chi connectivity index (χ2n) is 3.19. The minimum Gasteiger partial charge on any atom is -0.297 e. The fourth-order valence-electron chi connectivity index (χ4n) is 1.68. The highest BCUT2D eigenvalue weighted by molar-refractivity contribution is 8.05. The van der Waals surface area contributed by atoms with Crippen LogP contribution in [0.1, 0.15) is 6.92 Å². The van der Waals surface area contributed by atoms with Crippen molar-refractivity contribution in [1.82, 2.24) is 0 Å². The molecule has 0 N–H and O–H groups in total. The minimum absolute atomic E-state index is 0.233. The molecule has 1 nitrogen and oxygen atoms in total. The maximum Gasteiger partial charge on any atom is 0.157 e. The van der Waals surface area contributed by atoms with Crippen LogP contribution in [0.25, 0.3) is 0 Å². The molecule has 2 atom stereocenters. The zero-order valence-electron chi connectivity index (χ0n) is 7.16.